The third-order valence-corrected chi connectivity index (χ3v) is 5.10. The van der Waals surface area contributed by atoms with Crippen LogP contribution in [0.5, 0.6) is 0 Å². The molecule has 0 spiro atoms. The van der Waals surface area contributed by atoms with Crippen molar-refractivity contribution >= 4 is 5.91 Å². The zero-order valence-corrected chi connectivity index (χ0v) is 12.9. The second-order valence-corrected chi connectivity index (χ2v) is 6.69. The number of rotatable bonds is 3. The van der Waals surface area contributed by atoms with Crippen LogP contribution in [0.15, 0.2) is 24.3 Å². The zero-order valence-electron chi connectivity index (χ0n) is 12.9. The third-order valence-electron chi connectivity index (χ3n) is 5.10. The predicted molar refractivity (Wildman–Crippen MR) is 80.9 cm³/mol. The summed E-state index contributed by atoms with van der Waals surface area (Å²) in [4.78, 5) is 14.4. The summed E-state index contributed by atoms with van der Waals surface area (Å²) in [5, 5.41) is 0. The Morgan fingerprint density at radius 1 is 1.17 bits per heavy atom. The van der Waals surface area contributed by atoms with Gasteiger partial charge in [0.25, 0.3) is 5.91 Å². The van der Waals surface area contributed by atoms with Crippen molar-refractivity contribution in [2.75, 3.05) is 13.1 Å². The lowest BCUT2D eigenvalue weighted by Gasteiger charge is -2.19. The maximum atomic E-state index is 12.5. The lowest BCUT2D eigenvalue weighted by atomic mass is 9.98. The smallest absolute Gasteiger partial charge is 0.338 e. The topological polar surface area (TPSA) is 46.3 Å². The van der Waals surface area contributed by atoms with E-state index in [0.717, 1.165) is 19.4 Å². The Morgan fingerprint density at radius 2 is 1.87 bits per heavy atom. The molecular weight excluding hydrogens is 305 g/mol. The molecule has 0 bridgehead atoms. The van der Waals surface area contributed by atoms with Crippen molar-refractivity contribution in [3.05, 3.63) is 35.4 Å². The number of benzene rings is 1. The summed E-state index contributed by atoms with van der Waals surface area (Å²) >= 11 is 0. The van der Waals surface area contributed by atoms with E-state index < -0.39 is 12.6 Å². The molecule has 3 rings (SSSR count). The van der Waals surface area contributed by atoms with Crippen molar-refractivity contribution in [3.63, 3.8) is 0 Å². The van der Waals surface area contributed by atoms with Crippen molar-refractivity contribution in [1.82, 2.24) is 4.90 Å². The second kappa shape index (κ2) is 6.15. The molecule has 1 aromatic carbocycles. The number of nitrogens with two attached hydrogens (primary N) is 1. The lowest BCUT2D eigenvalue weighted by molar-refractivity contribution is -0.134. The van der Waals surface area contributed by atoms with E-state index in [0.29, 0.717) is 29.5 Å². The Bertz CT molecular complexity index is 570. The molecule has 1 saturated carbocycles. The SMILES string of the molecule is NC1CCC2CN(C(=O)c3ccc(CCC(F)(F)F)cc3)CC12. The van der Waals surface area contributed by atoms with Gasteiger partial charge < -0.3 is 10.6 Å². The Balaban J connectivity index is 1.60. The largest absolute Gasteiger partial charge is 0.389 e. The lowest BCUT2D eigenvalue weighted by Crippen LogP contribution is -2.33. The summed E-state index contributed by atoms with van der Waals surface area (Å²) in [7, 11) is 0. The summed E-state index contributed by atoms with van der Waals surface area (Å²) in [5.41, 5.74) is 7.21. The Labute approximate surface area is 133 Å². The molecule has 0 aromatic heterocycles. The first-order valence-electron chi connectivity index (χ1n) is 8.04. The number of carbonyl (C=O) groups excluding carboxylic acids is 1. The molecule has 1 heterocycles. The van der Waals surface area contributed by atoms with E-state index in [1.807, 2.05) is 4.90 Å². The molecular formula is C17H21F3N2O. The van der Waals surface area contributed by atoms with Crippen LogP contribution in [0.4, 0.5) is 13.2 Å². The molecule has 1 aliphatic carbocycles. The molecule has 126 valence electrons. The molecule has 1 saturated heterocycles. The Kier molecular flexibility index (Phi) is 4.36. The highest BCUT2D eigenvalue weighted by Gasteiger charge is 2.42. The summed E-state index contributed by atoms with van der Waals surface area (Å²) in [5.74, 6) is 0.846. The zero-order chi connectivity index (χ0) is 16.6. The normalized spacial score (nSPS) is 27.3. The molecule has 2 N–H and O–H groups in total. The highest BCUT2D eigenvalue weighted by Crippen LogP contribution is 2.37. The van der Waals surface area contributed by atoms with Crippen molar-refractivity contribution in [2.45, 2.75) is 37.9 Å². The molecule has 1 amide bonds. The van der Waals surface area contributed by atoms with Crippen LogP contribution in [0.25, 0.3) is 0 Å². The van der Waals surface area contributed by atoms with Gasteiger partial charge in [-0.2, -0.15) is 13.2 Å². The molecule has 6 heteroatoms. The second-order valence-electron chi connectivity index (χ2n) is 6.69. The summed E-state index contributed by atoms with van der Waals surface area (Å²) in [6, 6.07) is 6.66. The summed E-state index contributed by atoms with van der Waals surface area (Å²) in [6.45, 7) is 1.44. The first-order valence-corrected chi connectivity index (χ1v) is 8.04. The van der Waals surface area contributed by atoms with Gasteiger partial charge in [-0.05, 0) is 48.8 Å². The number of likely N-dealkylation sites (tertiary alicyclic amines) is 1. The van der Waals surface area contributed by atoms with Gasteiger partial charge >= 0.3 is 6.18 Å². The van der Waals surface area contributed by atoms with Crippen LogP contribution in [-0.4, -0.2) is 36.1 Å². The van der Waals surface area contributed by atoms with E-state index in [1.54, 1.807) is 24.3 Å². The molecule has 2 fully saturated rings. The van der Waals surface area contributed by atoms with Crippen molar-refractivity contribution in [3.8, 4) is 0 Å². The van der Waals surface area contributed by atoms with Crippen LogP contribution >= 0.6 is 0 Å². The number of nitrogens with zero attached hydrogens (tertiary/aromatic N) is 1. The quantitative estimate of drug-likeness (QED) is 0.928. The van der Waals surface area contributed by atoms with Crippen molar-refractivity contribution < 1.29 is 18.0 Å². The van der Waals surface area contributed by atoms with Crippen LogP contribution in [-0.2, 0) is 6.42 Å². The molecule has 3 nitrogen and oxygen atoms in total. The summed E-state index contributed by atoms with van der Waals surface area (Å²) < 4.78 is 36.7. The van der Waals surface area contributed by atoms with Crippen LogP contribution in [0, 0.1) is 11.8 Å². The average Bonchev–Trinajstić information content (AvgIpc) is 3.07. The van der Waals surface area contributed by atoms with Gasteiger partial charge in [0, 0.05) is 31.1 Å². The van der Waals surface area contributed by atoms with E-state index in [9.17, 15) is 18.0 Å². The molecule has 0 radical (unpaired) electrons. The number of amides is 1. The first kappa shape index (κ1) is 16.3. The Morgan fingerprint density at radius 3 is 2.48 bits per heavy atom. The maximum Gasteiger partial charge on any atom is 0.389 e. The Hall–Kier alpha value is -1.56. The van der Waals surface area contributed by atoms with E-state index in [-0.39, 0.29) is 18.4 Å². The highest BCUT2D eigenvalue weighted by atomic mass is 19.4. The number of fused-ring (bicyclic) bond motifs is 1. The number of alkyl halides is 3. The highest BCUT2D eigenvalue weighted by molar-refractivity contribution is 5.94. The predicted octanol–water partition coefficient (Wildman–Crippen LogP) is 2.99. The van der Waals surface area contributed by atoms with Gasteiger partial charge in [-0.25, -0.2) is 0 Å². The molecule has 3 unspecified atom stereocenters. The number of halogens is 3. The van der Waals surface area contributed by atoms with E-state index in [4.69, 9.17) is 5.73 Å². The van der Waals surface area contributed by atoms with Gasteiger partial charge in [0.1, 0.15) is 0 Å². The molecule has 23 heavy (non-hydrogen) atoms. The maximum absolute atomic E-state index is 12.5. The van der Waals surface area contributed by atoms with Crippen LogP contribution < -0.4 is 5.73 Å². The van der Waals surface area contributed by atoms with Crippen molar-refractivity contribution in [1.29, 1.82) is 0 Å². The van der Waals surface area contributed by atoms with Gasteiger partial charge in [0.15, 0.2) is 0 Å². The van der Waals surface area contributed by atoms with E-state index in [2.05, 4.69) is 0 Å². The molecule has 1 aliphatic heterocycles. The average molecular weight is 326 g/mol. The minimum atomic E-state index is -4.15. The standard InChI is InChI=1S/C17H21F3N2O/c18-17(19,20)8-7-11-1-3-12(4-2-11)16(23)22-9-13-5-6-15(21)14(13)10-22/h1-4,13-15H,5-10,21H2. The minimum Gasteiger partial charge on any atom is -0.338 e. The van der Waals surface area contributed by atoms with Crippen molar-refractivity contribution in [2.24, 2.45) is 17.6 Å². The van der Waals surface area contributed by atoms with Gasteiger partial charge in [-0.3, -0.25) is 4.79 Å². The molecule has 3 atom stereocenters. The van der Waals surface area contributed by atoms with Crippen LogP contribution in [0.1, 0.15) is 35.2 Å². The van der Waals surface area contributed by atoms with Crippen LogP contribution in [0.3, 0.4) is 0 Å². The summed E-state index contributed by atoms with van der Waals surface area (Å²) in [6.07, 6.45) is -2.94. The minimum absolute atomic E-state index is 0.0472. The van der Waals surface area contributed by atoms with Gasteiger partial charge in [-0.1, -0.05) is 12.1 Å². The fourth-order valence-electron chi connectivity index (χ4n) is 3.76. The third kappa shape index (κ3) is 3.68. The van der Waals surface area contributed by atoms with Gasteiger partial charge in [0.05, 0.1) is 0 Å². The number of aryl methyl sites for hydroxylation is 1. The van der Waals surface area contributed by atoms with Gasteiger partial charge in [-0.15, -0.1) is 0 Å². The van der Waals surface area contributed by atoms with Crippen LogP contribution in [0.2, 0.25) is 0 Å². The monoisotopic (exact) mass is 326 g/mol. The van der Waals surface area contributed by atoms with Gasteiger partial charge in [0.2, 0.25) is 0 Å². The fourth-order valence-corrected chi connectivity index (χ4v) is 3.76. The van der Waals surface area contributed by atoms with E-state index in [1.165, 1.54) is 0 Å². The fraction of sp³-hybridized carbons (Fsp3) is 0.588. The molecule has 1 aromatic rings. The molecule has 2 aliphatic rings. The number of hydrogen-bond acceptors (Lipinski definition) is 2. The van der Waals surface area contributed by atoms with E-state index >= 15 is 0 Å². The first-order chi connectivity index (χ1) is 10.8. The number of carbonyl (C=O) groups is 1. The number of hydrogen-bond donors (Lipinski definition) is 1.